The van der Waals surface area contributed by atoms with Gasteiger partial charge in [0.25, 0.3) is 0 Å². The van der Waals surface area contributed by atoms with Gasteiger partial charge in [0.1, 0.15) is 0 Å². The second kappa shape index (κ2) is 4.96. The molecule has 0 saturated heterocycles. The van der Waals surface area contributed by atoms with Crippen LogP contribution in [0.15, 0.2) is 17.8 Å². The SMILES string of the molecule is C=CCC1CCCCCC1=NO. The summed E-state index contributed by atoms with van der Waals surface area (Å²) in [6.07, 6.45) is 8.71. The maximum absolute atomic E-state index is 8.77. The minimum absolute atomic E-state index is 0.454. The Labute approximate surface area is 74.0 Å². The molecule has 1 N–H and O–H groups in total. The molecule has 1 aliphatic rings. The fourth-order valence-corrected chi connectivity index (χ4v) is 1.83. The van der Waals surface area contributed by atoms with Gasteiger partial charge in [0, 0.05) is 5.92 Å². The topological polar surface area (TPSA) is 32.6 Å². The van der Waals surface area contributed by atoms with Gasteiger partial charge in [-0.1, -0.05) is 24.1 Å². The van der Waals surface area contributed by atoms with Gasteiger partial charge in [-0.3, -0.25) is 0 Å². The van der Waals surface area contributed by atoms with Crippen molar-refractivity contribution in [3.63, 3.8) is 0 Å². The zero-order valence-corrected chi connectivity index (χ0v) is 7.50. The lowest BCUT2D eigenvalue weighted by atomic mass is 9.95. The van der Waals surface area contributed by atoms with Crippen LogP contribution < -0.4 is 0 Å². The molecule has 0 aliphatic heterocycles. The van der Waals surface area contributed by atoms with Crippen LogP contribution in [0.2, 0.25) is 0 Å². The number of nitrogens with zero attached hydrogens (tertiary/aromatic N) is 1. The molecule has 1 fully saturated rings. The summed E-state index contributed by atoms with van der Waals surface area (Å²) in [6, 6.07) is 0. The van der Waals surface area contributed by atoms with E-state index in [0.717, 1.165) is 25.0 Å². The number of oxime groups is 1. The Bertz CT molecular complexity index is 175. The van der Waals surface area contributed by atoms with Crippen molar-refractivity contribution in [1.82, 2.24) is 0 Å². The molecule has 0 aromatic carbocycles. The van der Waals surface area contributed by atoms with Crippen LogP contribution in [0.5, 0.6) is 0 Å². The molecule has 2 nitrogen and oxygen atoms in total. The van der Waals surface area contributed by atoms with Crippen LogP contribution in [0.4, 0.5) is 0 Å². The van der Waals surface area contributed by atoms with Gasteiger partial charge in [-0.15, -0.1) is 6.58 Å². The van der Waals surface area contributed by atoms with Gasteiger partial charge in [-0.05, 0) is 25.7 Å². The highest BCUT2D eigenvalue weighted by molar-refractivity contribution is 5.86. The molecule has 0 amide bonds. The van der Waals surface area contributed by atoms with E-state index in [2.05, 4.69) is 11.7 Å². The normalized spacial score (nSPS) is 28.3. The Kier molecular flexibility index (Phi) is 3.85. The minimum Gasteiger partial charge on any atom is -0.411 e. The predicted octanol–water partition coefficient (Wildman–Crippen LogP) is 2.97. The third kappa shape index (κ3) is 2.36. The number of hydrogen-bond donors (Lipinski definition) is 1. The summed E-state index contributed by atoms with van der Waals surface area (Å²) in [5.41, 5.74) is 0.979. The van der Waals surface area contributed by atoms with Gasteiger partial charge in [0.15, 0.2) is 0 Å². The lowest BCUT2D eigenvalue weighted by Crippen LogP contribution is -2.11. The Morgan fingerprint density at radius 1 is 1.50 bits per heavy atom. The first kappa shape index (κ1) is 9.30. The molecular formula is C10H17NO. The van der Waals surface area contributed by atoms with E-state index in [0.29, 0.717) is 5.92 Å². The van der Waals surface area contributed by atoms with Crippen LogP contribution in [0.25, 0.3) is 0 Å². The lowest BCUT2D eigenvalue weighted by Gasteiger charge is -2.11. The van der Waals surface area contributed by atoms with Gasteiger partial charge in [0.05, 0.1) is 5.71 Å². The maximum Gasteiger partial charge on any atom is 0.0604 e. The van der Waals surface area contributed by atoms with Crippen molar-refractivity contribution in [3.8, 4) is 0 Å². The first-order chi connectivity index (χ1) is 5.88. The fraction of sp³-hybridized carbons (Fsp3) is 0.700. The molecule has 2 heteroatoms. The van der Waals surface area contributed by atoms with E-state index in [1.807, 2.05) is 6.08 Å². The van der Waals surface area contributed by atoms with Crippen LogP contribution >= 0.6 is 0 Å². The summed E-state index contributed by atoms with van der Waals surface area (Å²) >= 11 is 0. The van der Waals surface area contributed by atoms with E-state index in [1.54, 1.807) is 0 Å². The van der Waals surface area contributed by atoms with Crippen molar-refractivity contribution < 1.29 is 5.21 Å². The average molecular weight is 167 g/mol. The van der Waals surface area contributed by atoms with E-state index < -0.39 is 0 Å². The Morgan fingerprint density at radius 3 is 3.00 bits per heavy atom. The van der Waals surface area contributed by atoms with Crippen molar-refractivity contribution in [2.45, 2.75) is 38.5 Å². The summed E-state index contributed by atoms with van der Waals surface area (Å²) in [5.74, 6) is 0.454. The summed E-state index contributed by atoms with van der Waals surface area (Å²) < 4.78 is 0. The molecule has 1 unspecified atom stereocenters. The van der Waals surface area contributed by atoms with Gasteiger partial charge >= 0.3 is 0 Å². The van der Waals surface area contributed by atoms with Gasteiger partial charge in [-0.2, -0.15) is 0 Å². The average Bonchev–Trinajstić information content (AvgIpc) is 2.30. The first-order valence-electron chi connectivity index (χ1n) is 4.70. The molecule has 1 saturated carbocycles. The molecule has 0 aromatic rings. The smallest absolute Gasteiger partial charge is 0.0604 e. The third-order valence-corrected chi connectivity index (χ3v) is 2.54. The molecule has 1 atom stereocenters. The number of rotatable bonds is 2. The molecular weight excluding hydrogens is 150 g/mol. The maximum atomic E-state index is 8.77. The second-order valence-electron chi connectivity index (χ2n) is 3.41. The number of hydrogen-bond acceptors (Lipinski definition) is 2. The van der Waals surface area contributed by atoms with Crippen LogP contribution in [0, 0.1) is 5.92 Å². The Morgan fingerprint density at radius 2 is 2.33 bits per heavy atom. The van der Waals surface area contributed by atoms with Crippen molar-refractivity contribution in [2.24, 2.45) is 11.1 Å². The highest BCUT2D eigenvalue weighted by Crippen LogP contribution is 2.23. The quantitative estimate of drug-likeness (QED) is 0.291. The van der Waals surface area contributed by atoms with Crippen LogP contribution in [0.1, 0.15) is 38.5 Å². The first-order valence-corrected chi connectivity index (χ1v) is 4.70. The second-order valence-corrected chi connectivity index (χ2v) is 3.41. The van der Waals surface area contributed by atoms with Crippen LogP contribution in [-0.2, 0) is 0 Å². The van der Waals surface area contributed by atoms with Crippen molar-refractivity contribution in [2.75, 3.05) is 0 Å². The standard InChI is InChI=1S/C10H17NO/c1-2-6-9-7-4-3-5-8-10(9)11-12/h2,9,12H,1,3-8H2. The molecule has 1 aliphatic carbocycles. The molecule has 1 rings (SSSR count). The molecule has 68 valence electrons. The molecule has 12 heavy (non-hydrogen) atoms. The lowest BCUT2D eigenvalue weighted by molar-refractivity contribution is 0.313. The summed E-state index contributed by atoms with van der Waals surface area (Å²) in [7, 11) is 0. The summed E-state index contributed by atoms with van der Waals surface area (Å²) in [4.78, 5) is 0. The van der Waals surface area contributed by atoms with E-state index in [-0.39, 0.29) is 0 Å². The monoisotopic (exact) mass is 167 g/mol. The predicted molar refractivity (Wildman–Crippen MR) is 50.6 cm³/mol. The Hall–Kier alpha value is -0.790. The summed E-state index contributed by atoms with van der Waals surface area (Å²) in [5, 5.41) is 12.1. The highest BCUT2D eigenvalue weighted by atomic mass is 16.4. The van der Waals surface area contributed by atoms with E-state index >= 15 is 0 Å². The third-order valence-electron chi connectivity index (χ3n) is 2.54. The van der Waals surface area contributed by atoms with E-state index in [4.69, 9.17) is 5.21 Å². The number of allylic oxidation sites excluding steroid dienone is 1. The van der Waals surface area contributed by atoms with Gasteiger partial charge in [-0.25, -0.2) is 0 Å². The van der Waals surface area contributed by atoms with Gasteiger partial charge < -0.3 is 5.21 Å². The van der Waals surface area contributed by atoms with E-state index in [1.165, 1.54) is 19.3 Å². The molecule has 0 radical (unpaired) electrons. The van der Waals surface area contributed by atoms with Crippen LogP contribution in [0.3, 0.4) is 0 Å². The minimum atomic E-state index is 0.454. The Balaban J connectivity index is 2.57. The van der Waals surface area contributed by atoms with Crippen LogP contribution in [-0.4, -0.2) is 10.9 Å². The van der Waals surface area contributed by atoms with E-state index in [9.17, 15) is 0 Å². The molecule has 0 bridgehead atoms. The zero-order valence-electron chi connectivity index (χ0n) is 7.50. The molecule has 0 spiro atoms. The largest absolute Gasteiger partial charge is 0.411 e. The highest BCUT2D eigenvalue weighted by Gasteiger charge is 2.17. The van der Waals surface area contributed by atoms with Crippen molar-refractivity contribution in [3.05, 3.63) is 12.7 Å². The fourth-order valence-electron chi connectivity index (χ4n) is 1.83. The van der Waals surface area contributed by atoms with Gasteiger partial charge in [0.2, 0.25) is 0 Å². The molecule has 0 aromatic heterocycles. The summed E-state index contributed by atoms with van der Waals surface area (Å²) in [6.45, 7) is 3.72. The van der Waals surface area contributed by atoms with Crippen molar-refractivity contribution in [1.29, 1.82) is 0 Å². The zero-order chi connectivity index (χ0) is 8.81. The molecule has 0 heterocycles. The van der Waals surface area contributed by atoms with Crippen molar-refractivity contribution >= 4 is 5.71 Å².